The van der Waals surface area contributed by atoms with Gasteiger partial charge in [-0.2, -0.15) is 10.1 Å². The zero-order valence-corrected chi connectivity index (χ0v) is 16.2. The topological polar surface area (TPSA) is 124 Å². The second-order valence-electron chi connectivity index (χ2n) is 6.63. The zero-order chi connectivity index (χ0) is 21.3. The lowest BCUT2D eigenvalue weighted by Gasteiger charge is -2.28. The molecule has 10 nitrogen and oxygen atoms in total. The first-order chi connectivity index (χ1) is 14.5. The Morgan fingerprint density at radius 3 is 2.73 bits per heavy atom. The number of carbonyl (C=O) groups is 1. The van der Waals surface area contributed by atoms with Crippen molar-refractivity contribution >= 4 is 23.2 Å². The Morgan fingerprint density at radius 2 is 2.03 bits per heavy atom. The van der Waals surface area contributed by atoms with Gasteiger partial charge in [-0.25, -0.2) is 4.68 Å². The summed E-state index contributed by atoms with van der Waals surface area (Å²) in [5, 5.41) is 21.2. The van der Waals surface area contributed by atoms with Crippen molar-refractivity contribution in [2.45, 2.75) is 13.0 Å². The van der Waals surface area contributed by atoms with E-state index in [9.17, 15) is 14.9 Å². The Bertz CT molecular complexity index is 1150. The van der Waals surface area contributed by atoms with Crippen molar-refractivity contribution in [2.75, 3.05) is 17.7 Å². The van der Waals surface area contributed by atoms with Crippen LogP contribution in [0.4, 0.5) is 17.3 Å². The molecule has 3 aromatic rings. The van der Waals surface area contributed by atoms with Crippen molar-refractivity contribution in [1.29, 1.82) is 0 Å². The van der Waals surface area contributed by atoms with Gasteiger partial charge in [0.2, 0.25) is 5.95 Å². The first kappa shape index (κ1) is 19.1. The van der Waals surface area contributed by atoms with E-state index in [1.165, 1.54) is 24.5 Å². The molecule has 1 amide bonds. The van der Waals surface area contributed by atoms with Gasteiger partial charge in [0.25, 0.3) is 11.6 Å². The van der Waals surface area contributed by atoms with Gasteiger partial charge in [0, 0.05) is 23.5 Å². The second-order valence-corrected chi connectivity index (χ2v) is 6.63. The number of nitrogens with one attached hydrogen (secondary N) is 2. The molecular weight excluding hydrogens is 388 g/mol. The number of anilines is 2. The molecule has 1 aliphatic heterocycles. The number of amides is 1. The Labute approximate surface area is 171 Å². The van der Waals surface area contributed by atoms with Gasteiger partial charge in [-0.3, -0.25) is 14.9 Å². The van der Waals surface area contributed by atoms with E-state index in [-0.39, 0.29) is 5.69 Å². The van der Waals surface area contributed by atoms with Crippen molar-refractivity contribution in [3.05, 3.63) is 81.8 Å². The first-order valence-electron chi connectivity index (χ1n) is 9.05. The Morgan fingerprint density at radius 1 is 1.27 bits per heavy atom. The maximum absolute atomic E-state index is 13.2. The molecule has 0 saturated heterocycles. The number of methoxy groups -OCH3 is 1. The van der Waals surface area contributed by atoms with E-state index in [0.29, 0.717) is 28.7 Å². The average molecular weight is 406 g/mol. The summed E-state index contributed by atoms with van der Waals surface area (Å²) in [5.74, 6) is 0.803. The zero-order valence-electron chi connectivity index (χ0n) is 16.2. The van der Waals surface area contributed by atoms with Crippen LogP contribution in [0.2, 0.25) is 0 Å². The number of carbonyl (C=O) groups excluding carboxylic acids is 1. The number of rotatable bonds is 5. The minimum absolute atomic E-state index is 0.106. The highest BCUT2D eigenvalue weighted by atomic mass is 16.6. The molecule has 30 heavy (non-hydrogen) atoms. The number of nitro benzene ring substituents is 1. The number of hydrogen-bond donors (Lipinski definition) is 2. The summed E-state index contributed by atoms with van der Waals surface area (Å²) in [6.07, 6.45) is 1.41. The Hall–Kier alpha value is -4.21. The summed E-state index contributed by atoms with van der Waals surface area (Å²) in [6.45, 7) is 1.77. The van der Waals surface area contributed by atoms with Crippen LogP contribution in [0.25, 0.3) is 0 Å². The maximum Gasteiger partial charge on any atom is 0.271 e. The number of ether oxygens (including phenoxy) is 1. The van der Waals surface area contributed by atoms with E-state index in [0.717, 1.165) is 5.56 Å². The van der Waals surface area contributed by atoms with Crippen LogP contribution < -0.4 is 15.4 Å². The molecule has 10 heteroatoms. The third-order valence-corrected chi connectivity index (χ3v) is 4.79. The average Bonchev–Trinajstić information content (AvgIpc) is 3.21. The van der Waals surface area contributed by atoms with E-state index in [1.807, 2.05) is 12.1 Å². The number of hydrogen-bond acceptors (Lipinski definition) is 7. The normalized spacial score (nSPS) is 15.2. The fourth-order valence-corrected chi connectivity index (χ4v) is 3.38. The van der Waals surface area contributed by atoms with Crippen LogP contribution in [0.15, 0.2) is 66.1 Å². The number of aromatic nitrogens is 3. The van der Waals surface area contributed by atoms with Crippen LogP contribution in [0.1, 0.15) is 18.5 Å². The highest BCUT2D eigenvalue weighted by molar-refractivity contribution is 6.06. The van der Waals surface area contributed by atoms with Crippen molar-refractivity contribution in [3.63, 3.8) is 0 Å². The highest BCUT2D eigenvalue weighted by Crippen LogP contribution is 2.35. The standard InChI is InChI=1S/C20H18N6O4/c1-12-17(19(27)24-14-4-3-5-15(10-14)26(28)29)18(25-20(23-12)21-11-22-25)13-6-8-16(30-2)9-7-13/h3-11,18H,1-2H3,(H,24,27)(H,21,22,23)/t18-/m1/s1. The minimum atomic E-state index is -0.534. The molecule has 0 spiro atoms. The van der Waals surface area contributed by atoms with Gasteiger partial charge in [0.05, 0.1) is 17.6 Å². The van der Waals surface area contributed by atoms with E-state index in [1.54, 1.807) is 36.9 Å². The SMILES string of the molecule is COc1ccc([C@@H]2C(C(=O)Nc3cccc([N+](=O)[O-])c3)=C(C)Nc3ncnn32)cc1. The second kappa shape index (κ2) is 7.66. The summed E-state index contributed by atoms with van der Waals surface area (Å²) >= 11 is 0. The van der Waals surface area contributed by atoms with Crippen LogP contribution in [0.5, 0.6) is 5.75 Å². The van der Waals surface area contributed by atoms with E-state index in [4.69, 9.17) is 4.74 Å². The molecule has 152 valence electrons. The van der Waals surface area contributed by atoms with Gasteiger partial charge in [0.15, 0.2) is 0 Å². The third-order valence-electron chi connectivity index (χ3n) is 4.79. The molecule has 2 N–H and O–H groups in total. The molecule has 1 aliphatic rings. The van der Waals surface area contributed by atoms with Crippen molar-refractivity contribution < 1.29 is 14.5 Å². The molecule has 0 aliphatic carbocycles. The number of benzene rings is 2. The monoisotopic (exact) mass is 406 g/mol. The lowest BCUT2D eigenvalue weighted by Crippen LogP contribution is -2.31. The van der Waals surface area contributed by atoms with Gasteiger partial charge in [-0.1, -0.05) is 18.2 Å². The lowest BCUT2D eigenvalue weighted by atomic mass is 9.95. The van der Waals surface area contributed by atoms with Gasteiger partial charge in [-0.05, 0) is 30.7 Å². The third kappa shape index (κ3) is 3.46. The molecule has 1 aromatic heterocycles. The van der Waals surface area contributed by atoms with E-state index >= 15 is 0 Å². The summed E-state index contributed by atoms with van der Waals surface area (Å²) in [6, 6.07) is 12.6. The van der Waals surface area contributed by atoms with Crippen molar-refractivity contribution in [1.82, 2.24) is 14.8 Å². The van der Waals surface area contributed by atoms with Gasteiger partial charge >= 0.3 is 0 Å². The fourth-order valence-electron chi connectivity index (χ4n) is 3.38. The predicted octanol–water partition coefficient (Wildman–Crippen LogP) is 3.12. The summed E-state index contributed by atoms with van der Waals surface area (Å²) in [5.41, 5.74) is 2.06. The van der Waals surface area contributed by atoms with Crippen LogP contribution in [0.3, 0.4) is 0 Å². The molecule has 1 atom stereocenters. The number of nitrogens with zero attached hydrogens (tertiary/aromatic N) is 4. The molecule has 0 saturated carbocycles. The molecule has 0 unspecified atom stereocenters. The quantitative estimate of drug-likeness (QED) is 0.493. The number of non-ortho nitro benzene ring substituents is 1. The van der Waals surface area contributed by atoms with Crippen LogP contribution >= 0.6 is 0 Å². The lowest BCUT2D eigenvalue weighted by molar-refractivity contribution is -0.384. The molecule has 2 heterocycles. The molecular formula is C20H18N6O4. The molecule has 2 aromatic carbocycles. The molecule has 0 radical (unpaired) electrons. The van der Waals surface area contributed by atoms with Gasteiger partial charge in [-0.15, -0.1) is 0 Å². The van der Waals surface area contributed by atoms with E-state index in [2.05, 4.69) is 20.7 Å². The molecule has 4 rings (SSSR count). The number of fused-ring (bicyclic) bond motifs is 1. The smallest absolute Gasteiger partial charge is 0.271 e. The molecule has 0 fully saturated rings. The Kier molecular flexibility index (Phi) is 4.88. The number of nitro groups is 1. The largest absolute Gasteiger partial charge is 0.497 e. The minimum Gasteiger partial charge on any atom is -0.497 e. The van der Waals surface area contributed by atoms with Crippen LogP contribution in [0, 0.1) is 10.1 Å². The van der Waals surface area contributed by atoms with Crippen LogP contribution in [-0.2, 0) is 4.79 Å². The fraction of sp³-hybridized carbons (Fsp3) is 0.150. The van der Waals surface area contributed by atoms with Gasteiger partial charge < -0.3 is 15.4 Å². The summed E-state index contributed by atoms with van der Waals surface area (Å²) in [4.78, 5) is 28.0. The van der Waals surface area contributed by atoms with E-state index < -0.39 is 16.9 Å². The van der Waals surface area contributed by atoms with Gasteiger partial charge in [0.1, 0.15) is 18.1 Å². The van der Waals surface area contributed by atoms with Crippen molar-refractivity contribution in [2.24, 2.45) is 0 Å². The van der Waals surface area contributed by atoms with Crippen molar-refractivity contribution in [3.8, 4) is 5.75 Å². The maximum atomic E-state index is 13.2. The molecule has 0 bridgehead atoms. The Balaban J connectivity index is 1.72. The first-order valence-corrected chi connectivity index (χ1v) is 9.05. The number of allylic oxidation sites excluding steroid dienone is 1. The predicted molar refractivity (Wildman–Crippen MR) is 109 cm³/mol. The summed E-state index contributed by atoms with van der Waals surface area (Å²) < 4.78 is 6.84. The highest BCUT2D eigenvalue weighted by Gasteiger charge is 2.33. The van der Waals surface area contributed by atoms with Crippen LogP contribution in [-0.4, -0.2) is 32.7 Å². The summed E-state index contributed by atoms with van der Waals surface area (Å²) in [7, 11) is 1.58.